The first-order valence-electron chi connectivity index (χ1n) is 3.41. The van der Waals surface area contributed by atoms with Gasteiger partial charge in [0.15, 0.2) is 0 Å². The van der Waals surface area contributed by atoms with Gasteiger partial charge in [0.2, 0.25) is 0 Å². The Labute approximate surface area is 59.3 Å². The molecule has 0 heterocycles. The highest BCUT2D eigenvalue weighted by atomic mass is 16.3. The van der Waals surface area contributed by atoms with Gasteiger partial charge in [-0.15, -0.1) is 0 Å². The molecule has 1 fully saturated rings. The molecule has 0 aromatic rings. The van der Waals surface area contributed by atoms with Crippen molar-refractivity contribution in [1.29, 1.82) is 0 Å². The maximum atomic E-state index is 9.08. The van der Waals surface area contributed by atoms with Gasteiger partial charge in [-0.1, -0.05) is 0 Å². The number of nitrogens with two attached hydrogens (primary N) is 1. The van der Waals surface area contributed by atoms with Crippen LogP contribution in [0.1, 0.15) is 12.8 Å². The maximum Gasteiger partial charge on any atom is 0.0951 e. The van der Waals surface area contributed by atoms with Gasteiger partial charge < -0.3 is 21.1 Å². The molecule has 1 aliphatic rings. The van der Waals surface area contributed by atoms with Crippen LogP contribution in [0.4, 0.5) is 0 Å². The van der Waals surface area contributed by atoms with Crippen LogP contribution < -0.4 is 5.73 Å². The van der Waals surface area contributed by atoms with Crippen LogP contribution in [0.2, 0.25) is 0 Å². The zero-order chi connectivity index (χ0) is 7.72. The molecule has 10 heavy (non-hydrogen) atoms. The van der Waals surface area contributed by atoms with Crippen molar-refractivity contribution < 1.29 is 15.3 Å². The highest BCUT2D eigenvalue weighted by Gasteiger charge is 2.32. The van der Waals surface area contributed by atoms with Crippen molar-refractivity contribution in [3.63, 3.8) is 0 Å². The highest BCUT2D eigenvalue weighted by Crippen LogP contribution is 2.17. The van der Waals surface area contributed by atoms with Crippen molar-refractivity contribution >= 4 is 0 Å². The van der Waals surface area contributed by atoms with E-state index in [1.165, 1.54) is 0 Å². The van der Waals surface area contributed by atoms with Crippen LogP contribution in [-0.2, 0) is 0 Å². The molecule has 0 bridgehead atoms. The molecule has 1 unspecified atom stereocenters. The summed E-state index contributed by atoms with van der Waals surface area (Å²) in [5, 5.41) is 27.1. The smallest absolute Gasteiger partial charge is 0.0951 e. The lowest BCUT2D eigenvalue weighted by molar-refractivity contribution is -0.0605. The van der Waals surface area contributed by atoms with Crippen LogP contribution in [0.5, 0.6) is 0 Å². The summed E-state index contributed by atoms with van der Waals surface area (Å²) in [5.74, 6) is 0. The summed E-state index contributed by atoms with van der Waals surface area (Å²) >= 11 is 0. The normalized spacial score (nSPS) is 49.2. The van der Waals surface area contributed by atoms with E-state index in [2.05, 4.69) is 0 Å². The fourth-order valence-corrected chi connectivity index (χ4v) is 1.25. The van der Waals surface area contributed by atoms with Crippen molar-refractivity contribution in [2.45, 2.75) is 37.2 Å². The van der Waals surface area contributed by atoms with Crippen LogP contribution in [0, 0.1) is 0 Å². The topological polar surface area (TPSA) is 86.7 Å². The molecule has 1 aliphatic carbocycles. The van der Waals surface area contributed by atoms with Crippen LogP contribution in [0.25, 0.3) is 0 Å². The molecule has 4 heteroatoms. The SMILES string of the molecule is N[C@H]1C[C@@H](O)C[C@@H](O)C1O. The quantitative estimate of drug-likeness (QED) is 0.325. The molecule has 0 radical (unpaired) electrons. The minimum atomic E-state index is -0.872. The summed E-state index contributed by atoms with van der Waals surface area (Å²) in [4.78, 5) is 0. The summed E-state index contributed by atoms with van der Waals surface area (Å²) < 4.78 is 0. The zero-order valence-electron chi connectivity index (χ0n) is 5.64. The van der Waals surface area contributed by atoms with Gasteiger partial charge >= 0.3 is 0 Å². The third kappa shape index (κ3) is 1.46. The van der Waals surface area contributed by atoms with Crippen molar-refractivity contribution in [3.05, 3.63) is 0 Å². The number of hydrogen-bond acceptors (Lipinski definition) is 4. The van der Waals surface area contributed by atoms with E-state index in [0.717, 1.165) is 0 Å². The van der Waals surface area contributed by atoms with Gasteiger partial charge in [0.1, 0.15) is 0 Å². The lowest BCUT2D eigenvalue weighted by atomic mass is 9.89. The Balaban J connectivity index is 2.49. The average Bonchev–Trinajstić information content (AvgIpc) is 1.82. The molecule has 0 amide bonds. The number of aliphatic hydroxyl groups excluding tert-OH is 3. The van der Waals surface area contributed by atoms with E-state index in [9.17, 15) is 0 Å². The fraction of sp³-hybridized carbons (Fsp3) is 1.00. The van der Waals surface area contributed by atoms with Gasteiger partial charge in [-0.2, -0.15) is 0 Å². The first-order chi connectivity index (χ1) is 4.61. The summed E-state index contributed by atoms with van der Waals surface area (Å²) in [6.45, 7) is 0. The predicted molar refractivity (Wildman–Crippen MR) is 35.2 cm³/mol. The Morgan fingerprint density at radius 1 is 1.10 bits per heavy atom. The molecule has 1 rings (SSSR count). The Morgan fingerprint density at radius 2 is 1.70 bits per heavy atom. The minimum Gasteiger partial charge on any atom is -0.393 e. The minimum absolute atomic E-state index is 0.231. The van der Waals surface area contributed by atoms with Gasteiger partial charge in [-0.3, -0.25) is 0 Å². The Bertz CT molecular complexity index is 108. The molecule has 0 aromatic carbocycles. The zero-order valence-corrected chi connectivity index (χ0v) is 5.64. The Hall–Kier alpha value is -0.160. The van der Waals surface area contributed by atoms with E-state index in [4.69, 9.17) is 21.1 Å². The largest absolute Gasteiger partial charge is 0.393 e. The monoisotopic (exact) mass is 147 g/mol. The van der Waals surface area contributed by atoms with Crippen LogP contribution >= 0.6 is 0 Å². The fourth-order valence-electron chi connectivity index (χ4n) is 1.25. The van der Waals surface area contributed by atoms with Crippen molar-refractivity contribution in [2.24, 2.45) is 5.73 Å². The third-order valence-electron chi connectivity index (χ3n) is 1.89. The van der Waals surface area contributed by atoms with Gasteiger partial charge in [0.25, 0.3) is 0 Å². The van der Waals surface area contributed by atoms with Crippen LogP contribution in [0.3, 0.4) is 0 Å². The molecule has 5 N–H and O–H groups in total. The van der Waals surface area contributed by atoms with Gasteiger partial charge in [0.05, 0.1) is 18.3 Å². The van der Waals surface area contributed by atoms with Crippen LogP contribution in [0.15, 0.2) is 0 Å². The lowest BCUT2D eigenvalue weighted by Crippen LogP contribution is -2.50. The number of hydrogen-bond donors (Lipinski definition) is 4. The second-order valence-corrected chi connectivity index (χ2v) is 2.85. The molecule has 4 nitrogen and oxygen atoms in total. The Morgan fingerprint density at radius 3 is 2.20 bits per heavy atom. The van der Waals surface area contributed by atoms with Gasteiger partial charge in [0, 0.05) is 12.5 Å². The average molecular weight is 147 g/mol. The van der Waals surface area contributed by atoms with Crippen molar-refractivity contribution in [3.8, 4) is 0 Å². The third-order valence-corrected chi connectivity index (χ3v) is 1.89. The molecule has 0 spiro atoms. The van der Waals surface area contributed by atoms with Crippen molar-refractivity contribution in [2.75, 3.05) is 0 Å². The molecular weight excluding hydrogens is 134 g/mol. The molecule has 0 saturated heterocycles. The van der Waals surface area contributed by atoms with Crippen LogP contribution in [-0.4, -0.2) is 39.7 Å². The van der Waals surface area contributed by atoms with E-state index < -0.39 is 24.4 Å². The lowest BCUT2D eigenvalue weighted by Gasteiger charge is -2.32. The molecule has 1 saturated carbocycles. The number of rotatable bonds is 0. The first-order valence-corrected chi connectivity index (χ1v) is 3.41. The maximum absolute atomic E-state index is 9.08. The molecule has 0 aromatic heterocycles. The predicted octanol–water partition coefficient (Wildman–Crippen LogP) is -1.81. The highest BCUT2D eigenvalue weighted by molar-refractivity contribution is 4.87. The summed E-state index contributed by atoms with van der Waals surface area (Å²) in [6, 6.07) is -0.487. The first kappa shape index (κ1) is 7.94. The summed E-state index contributed by atoms with van der Waals surface area (Å²) in [5.41, 5.74) is 5.39. The second kappa shape index (κ2) is 2.84. The van der Waals surface area contributed by atoms with E-state index in [-0.39, 0.29) is 6.42 Å². The standard InChI is InChI=1S/C6H13NO3/c7-4-1-3(8)2-5(9)6(4)10/h3-6,8-10H,1-2,7H2/t3-,4+,5-,6?/m1/s1. The second-order valence-electron chi connectivity index (χ2n) is 2.85. The summed E-state index contributed by atoms with van der Waals surface area (Å²) in [7, 11) is 0. The van der Waals surface area contributed by atoms with Crippen molar-refractivity contribution in [1.82, 2.24) is 0 Å². The molecule has 0 aliphatic heterocycles. The van der Waals surface area contributed by atoms with E-state index in [1.54, 1.807) is 0 Å². The van der Waals surface area contributed by atoms with E-state index in [1.807, 2.05) is 0 Å². The van der Waals surface area contributed by atoms with Gasteiger partial charge in [-0.05, 0) is 6.42 Å². The Kier molecular flexibility index (Phi) is 2.25. The summed E-state index contributed by atoms with van der Waals surface area (Å²) in [6.07, 6.45) is -1.69. The molecule has 4 atom stereocenters. The van der Waals surface area contributed by atoms with E-state index >= 15 is 0 Å². The van der Waals surface area contributed by atoms with E-state index in [0.29, 0.717) is 6.42 Å². The molecule has 60 valence electrons. The molecular formula is C6H13NO3. The number of aliphatic hydroxyl groups is 3. The van der Waals surface area contributed by atoms with Gasteiger partial charge in [-0.25, -0.2) is 0 Å².